The van der Waals surface area contributed by atoms with E-state index < -0.39 is 0 Å². The summed E-state index contributed by atoms with van der Waals surface area (Å²) in [6, 6.07) is 12.1. The van der Waals surface area contributed by atoms with Crippen LogP contribution in [0.2, 0.25) is 5.02 Å². The van der Waals surface area contributed by atoms with Gasteiger partial charge >= 0.3 is 0 Å². The van der Waals surface area contributed by atoms with Gasteiger partial charge in [0.05, 0.1) is 12.0 Å². The average Bonchev–Trinajstić information content (AvgIpc) is 3.26. The molecule has 4 aromatic rings. The number of nitrogens with one attached hydrogen (secondary N) is 1. The van der Waals surface area contributed by atoms with Crippen LogP contribution in [0, 0.1) is 0 Å². The third-order valence-electron chi connectivity index (χ3n) is 5.77. The number of aromatic hydroxyl groups is 2. The predicted octanol–water partition coefficient (Wildman–Crippen LogP) is 2.98. The van der Waals surface area contributed by atoms with Gasteiger partial charge < -0.3 is 25.0 Å². The standard InChI is InChI=1S/C23H21ClN6O3/c24-16-6-2-1-4-14(16)12-18(32)29-8-10-30(11-9-29)23-19-22(25-13-26-23)28-21(27-19)15-5-3-7-17(31)20(15)33/h1-7,13,31,33H,8-12H2,(H,25,26,27,28). The molecular formula is C23H21ClN6O3. The number of carbonyl (C=O) groups is 1. The van der Waals surface area contributed by atoms with Gasteiger partial charge in [0.15, 0.2) is 23.0 Å². The van der Waals surface area contributed by atoms with Crippen LogP contribution in [0.3, 0.4) is 0 Å². The van der Waals surface area contributed by atoms with Crippen LogP contribution in [-0.4, -0.2) is 67.1 Å². The molecule has 1 amide bonds. The molecule has 0 radical (unpaired) electrons. The lowest BCUT2D eigenvalue weighted by Crippen LogP contribution is -2.49. The SMILES string of the molecule is O=C(Cc1ccccc1Cl)N1CCN(c2ncnc3nc(-c4cccc(O)c4O)[nH]c23)CC1. The normalized spacial score (nSPS) is 14.1. The van der Waals surface area contributed by atoms with E-state index in [2.05, 4.69) is 24.8 Å². The molecule has 0 saturated carbocycles. The van der Waals surface area contributed by atoms with E-state index in [0.717, 1.165) is 5.56 Å². The molecule has 1 saturated heterocycles. The summed E-state index contributed by atoms with van der Waals surface area (Å²) in [4.78, 5) is 33.0. The number of aromatic amines is 1. The Morgan fingerprint density at radius 3 is 2.61 bits per heavy atom. The van der Waals surface area contributed by atoms with E-state index in [0.29, 0.717) is 59.6 Å². The lowest BCUT2D eigenvalue weighted by molar-refractivity contribution is -0.130. The number of halogens is 1. The number of H-pyrrole nitrogens is 1. The Hall–Kier alpha value is -3.85. The second-order valence-corrected chi connectivity index (χ2v) is 8.20. The number of hydrogen-bond donors (Lipinski definition) is 3. The summed E-state index contributed by atoms with van der Waals surface area (Å²) in [6.45, 7) is 2.32. The van der Waals surface area contributed by atoms with Gasteiger partial charge in [0.1, 0.15) is 17.7 Å². The summed E-state index contributed by atoms with van der Waals surface area (Å²) in [5, 5.41) is 20.6. The lowest BCUT2D eigenvalue weighted by atomic mass is 10.1. The van der Waals surface area contributed by atoms with Crippen LogP contribution < -0.4 is 4.90 Å². The smallest absolute Gasteiger partial charge is 0.227 e. The average molecular weight is 465 g/mol. The molecule has 1 fully saturated rings. The van der Waals surface area contributed by atoms with E-state index >= 15 is 0 Å². The molecule has 0 spiro atoms. The van der Waals surface area contributed by atoms with Crippen LogP contribution in [0.4, 0.5) is 5.82 Å². The Bertz CT molecular complexity index is 1330. The van der Waals surface area contributed by atoms with Crippen molar-refractivity contribution in [3.63, 3.8) is 0 Å². The molecule has 0 unspecified atom stereocenters. The number of anilines is 1. The third kappa shape index (κ3) is 4.03. The molecular weight excluding hydrogens is 444 g/mol. The molecule has 3 heterocycles. The van der Waals surface area contributed by atoms with Crippen LogP contribution >= 0.6 is 11.6 Å². The summed E-state index contributed by atoms with van der Waals surface area (Å²) in [7, 11) is 0. The molecule has 2 aromatic carbocycles. The largest absolute Gasteiger partial charge is 0.504 e. The van der Waals surface area contributed by atoms with Crippen molar-refractivity contribution in [1.29, 1.82) is 0 Å². The highest BCUT2D eigenvalue weighted by Crippen LogP contribution is 2.36. The summed E-state index contributed by atoms with van der Waals surface area (Å²) in [6.07, 6.45) is 1.72. The maximum absolute atomic E-state index is 12.8. The van der Waals surface area contributed by atoms with Gasteiger partial charge in [-0.3, -0.25) is 4.79 Å². The Kier molecular flexibility index (Phi) is 5.47. The van der Waals surface area contributed by atoms with Gasteiger partial charge in [-0.05, 0) is 23.8 Å². The monoisotopic (exact) mass is 464 g/mol. The Balaban J connectivity index is 1.33. The molecule has 10 heteroatoms. The van der Waals surface area contributed by atoms with Crippen molar-refractivity contribution in [1.82, 2.24) is 24.8 Å². The highest BCUT2D eigenvalue weighted by molar-refractivity contribution is 6.31. The molecule has 1 aliphatic heterocycles. The van der Waals surface area contributed by atoms with Crippen LogP contribution in [-0.2, 0) is 11.2 Å². The van der Waals surface area contributed by atoms with Crippen LogP contribution in [0.25, 0.3) is 22.6 Å². The topological polar surface area (TPSA) is 118 Å². The van der Waals surface area contributed by atoms with E-state index in [1.165, 1.54) is 12.4 Å². The fraction of sp³-hybridized carbons (Fsp3) is 0.217. The number of benzene rings is 2. The maximum atomic E-state index is 12.8. The van der Waals surface area contributed by atoms with Gasteiger partial charge in [-0.25, -0.2) is 15.0 Å². The van der Waals surface area contributed by atoms with Gasteiger partial charge in [0, 0.05) is 31.2 Å². The number of aromatic nitrogens is 4. The zero-order chi connectivity index (χ0) is 22.9. The Morgan fingerprint density at radius 2 is 1.82 bits per heavy atom. The highest BCUT2D eigenvalue weighted by atomic mass is 35.5. The minimum atomic E-state index is -0.253. The molecule has 33 heavy (non-hydrogen) atoms. The van der Waals surface area contributed by atoms with E-state index in [1.54, 1.807) is 18.2 Å². The number of amides is 1. The highest BCUT2D eigenvalue weighted by Gasteiger charge is 2.25. The number of nitrogens with zero attached hydrogens (tertiary/aromatic N) is 5. The maximum Gasteiger partial charge on any atom is 0.227 e. The summed E-state index contributed by atoms with van der Waals surface area (Å²) in [5.41, 5.74) is 2.28. The number of phenols is 2. The number of fused-ring (bicyclic) bond motifs is 1. The lowest BCUT2D eigenvalue weighted by Gasteiger charge is -2.35. The first-order valence-electron chi connectivity index (χ1n) is 10.5. The Labute approximate surface area is 194 Å². The second-order valence-electron chi connectivity index (χ2n) is 7.79. The fourth-order valence-electron chi connectivity index (χ4n) is 3.99. The number of piperazine rings is 1. The molecule has 0 atom stereocenters. The van der Waals surface area contributed by atoms with Crippen molar-refractivity contribution >= 4 is 34.5 Å². The van der Waals surface area contributed by atoms with Crippen molar-refractivity contribution in [3.8, 4) is 22.9 Å². The minimum Gasteiger partial charge on any atom is -0.504 e. The van der Waals surface area contributed by atoms with E-state index in [-0.39, 0.29) is 23.8 Å². The molecule has 0 bridgehead atoms. The first kappa shape index (κ1) is 21.0. The van der Waals surface area contributed by atoms with E-state index in [1.807, 2.05) is 23.1 Å². The third-order valence-corrected chi connectivity index (χ3v) is 6.14. The first-order valence-corrected chi connectivity index (χ1v) is 10.9. The number of rotatable bonds is 4. The molecule has 0 aliphatic carbocycles. The van der Waals surface area contributed by atoms with Gasteiger partial charge in [-0.15, -0.1) is 0 Å². The molecule has 1 aliphatic rings. The molecule has 9 nitrogen and oxygen atoms in total. The van der Waals surface area contributed by atoms with Crippen molar-refractivity contribution in [2.45, 2.75) is 6.42 Å². The second kappa shape index (κ2) is 8.59. The molecule has 3 N–H and O–H groups in total. The number of hydrogen-bond acceptors (Lipinski definition) is 7. The Morgan fingerprint density at radius 1 is 1.03 bits per heavy atom. The first-order chi connectivity index (χ1) is 16.0. The van der Waals surface area contributed by atoms with Gasteiger partial charge in [-0.2, -0.15) is 0 Å². The van der Waals surface area contributed by atoms with Crippen LogP contribution in [0.5, 0.6) is 11.5 Å². The van der Waals surface area contributed by atoms with Gasteiger partial charge in [0.2, 0.25) is 5.91 Å². The number of phenolic OH excluding ortho intramolecular Hbond substituents is 2. The van der Waals surface area contributed by atoms with E-state index in [4.69, 9.17) is 11.6 Å². The number of imidazole rings is 1. The zero-order valence-electron chi connectivity index (χ0n) is 17.6. The summed E-state index contributed by atoms with van der Waals surface area (Å²) >= 11 is 6.20. The minimum absolute atomic E-state index is 0.0405. The van der Waals surface area contributed by atoms with Gasteiger partial charge in [-0.1, -0.05) is 35.9 Å². The number of para-hydroxylation sites is 1. The summed E-state index contributed by atoms with van der Waals surface area (Å²) < 4.78 is 0. The van der Waals surface area contributed by atoms with Gasteiger partial charge in [0.25, 0.3) is 0 Å². The van der Waals surface area contributed by atoms with E-state index in [9.17, 15) is 15.0 Å². The van der Waals surface area contributed by atoms with Crippen LogP contribution in [0.1, 0.15) is 5.56 Å². The quantitative estimate of drug-likeness (QED) is 0.397. The summed E-state index contributed by atoms with van der Waals surface area (Å²) in [5.74, 6) is 0.623. The number of carbonyl (C=O) groups excluding carboxylic acids is 1. The van der Waals surface area contributed by atoms with Crippen molar-refractivity contribution < 1.29 is 15.0 Å². The van der Waals surface area contributed by atoms with Crippen molar-refractivity contribution in [2.75, 3.05) is 31.1 Å². The molecule has 2 aromatic heterocycles. The molecule has 5 rings (SSSR count). The zero-order valence-corrected chi connectivity index (χ0v) is 18.3. The van der Waals surface area contributed by atoms with Crippen molar-refractivity contribution in [3.05, 3.63) is 59.4 Å². The fourth-order valence-corrected chi connectivity index (χ4v) is 4.19. The van der Waals surface area contributed by atoms with Crippen molar-refractivity contribution in [2.24, 2.45) is 0 Å². The van der Waals surface area contributed by atoms with Crippen LogP contribution in [0.15, 0.2) is 48.8 Å². The molecule has 168 valence electrons. The predicted molar refractivity (Wildman–Crippen MR) is 124 cm³/mol.